The van der Waals surface area contributed by atoms with Gasteiger partial charge in [0.25, 0.3) is 5.91 Å². The van der Waals surface area contributed by atoms with E-state index in [4.69, 9.17) is 32.7 Å². The zero-order chi connectivity index (χ0) is 20.6. The van der Waals surface area contributed by atoms with Crippen LogP contribution in [0.1, 0.15) is 21.5 Å². The number of hydrogen-bond donors (Lipinski definition) is 1. The van der Waals surface area contributed by atoms with Crippen LogP contribution < -0.4 is 14.9 Å². The average Bonchev–Trinajstić information content (AvgIpc) is 2.74. The molecular weight excluding hydrogens is 411 g/mol. The molecule has 29 heavy (non-hydrogen) atoms. The highest BCUT2D eigenvalue weighted by Crippen LogP contribution is 2.24. The van der Waals surface area contributed by atoms with E-state index in [-0.39, 0.29) is 12.5 Å². The number of para-hydroxylation sites is 1. The van der Waals surface area contributed by atoms with Crippen LogP contribution in [0.15, 0.2) is 71.8 Å². The maximum absolute atomic E-state index is 12.2. The number of rotatable bonds is 7. The van der Waals surface area contributed by atoms with Crippen molar-refractivity contribution in [2.45, 2.75) is 6.61 Å². The van der Waals surface area contributed by atoms with Crippen molar-refractivity contribution in [2.24, 2.45) is 5.10 Å². The molecule has 7 heteroatoms. The largest absolute Gasteiger partial charge is 0.497 e. The molecular formula is C22H18Cl2N2O3. The molecule has 0 spiro atoms. The fourth-order valence-electron chi connectivity index (χ4n) is 2.48. The lowest BCUT2D eigenvalue weighted by atomic mass is 10.2. The molecule has 0 bridgehead atoms. The van der Waals surface area contributed by atoms with Gasteiger partial charge < -0.3 is 9.47 Å². The molecule has 0 aromatic heterocycles. The fourth-order valence-corrected chi connectivity index (χ4v) is 2.94. The zero-order valence-corrected chi connectivity index (χ0v) is 17.1. The summed E-state index contributed by atoms with van der Waals surface area (Å²) in [5.74, 6) is 0.966. The monoisotopic (exact) mass is 428 g/mol. The maximum Gasteiger partial charge on any atom is 0.271 e. The molecule has 1 N–H and O–H groups in total. The first-order chi connectivity index (χ1) is 14.1. The van der Waals surface area contributed by atoms with Crippen molar-refractivity contribution in [3.05, 3.63) is 93.5 Å². The predicted octanol–water partition coefficient (Wildman–Crippen LogP) is 5.34. The number of carbonyl (C=O) groups is 1. The van der Waals surface area contributed by atoms with Crippen LogP contribution in [0.4, 0.5) is 0 Å². The maximum atomic E-state index is 12.2. The summed E-state index contributed by atoms with van der Waals surface area (Å²) in [5, 5.41) is 5.13. The Bertz CT molecular complexity index is 1020. The van der Waals surface area contributed by atoms with Gasteiger partial charge in [0.05, 0.1) is 13.3 Å². The summed E-state index contributed by atoms with van der Waals surface area (Å²) in [6.45, 7) is 0.277. The predicted molar refractivity (Wildman–Crippen MR) is 115 cm³/mol. The van der Waals surface area contributed by atoms with E-state index in [0.717, 1.165) is 5.56 Å². The second kappa shape index (κ2) is 9.96. The van der Waals surface area contributed by atoms with Crippen LogP contribution in [0, 0.1) is 0 Å². The third kappa shape index (κ3) is 5.73. The number of benzene rings is 3. The van der Waals surface area contributed by atoms with E-state index in [0.29, 0.717) is 32.7 Å². The van der Waals surface area contributed by atoms with E-state index in [9.17, 15) is 4.79 Å². The minimum Gasteiger partial charge on any atom is -0.497 e. The molecule has 0 atom stereocenters. The van der Waals surface area contributed by atoms with E-state index in [1.54, 1.807) is 43.5 Å². The lowest BCUT2D eigenvalue weighted by molar-refractivity contribution is 0.0955. The Kier molecular flexibility index (Phi) is 7.11. The van der Waals surface area contributed by atoms with Crippen LogP contribution in [0.2, 0.25) is 10.0 Å². The number of hydrazone groups is 1. The molecule has 0 unspecified atom stereocenters. The molecule has 0 aliphatic carbocycles. The first-order valence-electron chi connectivity index (χ1n) is 8.70. The van der Waals surface area contributed by atoms with Crippen LogP contribution in [-0.4, -0.2) is 19.2 Å². The van der Waals surface area contributed by atoms with Crippen molar-refractivity contribution in [3.63, 3.8) is 0 Å². The van der Waals surface area contributed by atoms with Gasteiger partial charge in [0.15, 0.2) is 0 Å². The summed E-state index contributed by atoms with van der Waals surface area (Å²) < 4.78 is 10.9. The van der Waals surface area contributed by atoms with E-state index < -0.39 is 0 Å². The van der Waals surface area contributed by atoms with Gasteiger partial charge in [-0.15, -0.1) is 0 Å². The van der Waals surface area contributed by atoms with Gasteiger partial charge in [-0.25, -0.2) is 5.43 Å². The third-order valence-corrected chi connectivity index (χ3v) is 4.63. The summed E-state index contributed by atoms with van der Waals surface area (Å²) in [4.78, 5) is 12.2. The van der Waals surface area contributed by atoms with Gasteiger partial charge in [-0.05, 0) is 48.5 Å². The molecule has 3 aromatic rings. The lowest BCUT2D eigenvalue weighted by Crippen LogP contribution is -2.17. The molecule has 148 valence electrons. The van der Waals surface area contributed by atoms with Gasteiger partial charge in [0.1, 0.15) is 18.1 Å². The second-order valence-electron chi connectivity index (χ2n) is 5.99. The smallest absolute Gasteiger partial charge is 0.271 e. The van der Waals surface area contributed by atoms with Crippen LogP contribution >= 0.6 is 23.2 Å². The Balaban J connectivity index is 1.64. The molecule has 3 aromatic carbocycles. The molecule has 0 saturated carbocycles. The molecule has 0 heterocycles. The van der Waals surface area contributed by atoms with Crippen LogP contribution in [0.5, 0.6) is 11.5 Å². The summed E-state index contributed by atoms with van der Waals surface area (Å²) in [6, 6.07) is 19.4. The normalized spacial score (nSPS) is 10.7. The molecule has 0 fully saturated rings. The Hall–Kier alpha value is -3.02. The summed E-state index contributed by atoms with van der Waals surface area (Å²) in [7, 11) is 1.57. The van der Waals surface area contributed by atoms with E-state index in [1.165, 1.54) is 6.21 Å². The SMILES string of the molecule is COc1ccc(C(=O)N/N=C\c2ccccc2OCc2ccc(Cl)cc2Cl)cc1. The lowest BCUT2D eigenvalue weighted by Gasteiger charge is -2.10. The van der Waals surface area contributed by atoms with Crippen molar-refractivity contribution in [1.82, 2.24) is 5.43 Å². The third-order valence-electron chi connectivity index (χ3n) is 4.04. The minimum absolute atomic E-state index is 0.277. The van der Waals surface area contributed by atoms with Crippen LogP contribution in [-0.2, 0) is 6.61 Å². The number of methoxy groups -OCH3 is 1. The Morgan fingerprint density at radius 3 is 2.55 bits per heavy atom. The Labute approximate surface area is 178 Å². The van der Waals surface area contributed by atoms with Gasteiger partial charge in [-0.2, -0.15) is 5.10 Å². The Morgan fingerprint density at radius 2 is 1.83 bits per heavy atom. The topological polar surface area (TPSA) is 59.9 Å². The first kappa shape index (κ1) is 20.7. The molecule has 0 aliphatic heterocycles. The number of ether oxygens (including phenoxy) is 2. The van der Waals surface area contributed by atoms with Gasteiger partial charge in [0, 0.05) is 26.7 Å². The molecule has 0 aliphatic rings. The first-order valence-corrected chi connectivity index (χ1v) is 9.45. The van der Waals surface area contributed by atoms with Gasteiger partial charge in [-0.3, -0.25) is 4.79 Å². The number of halogens is 2. The number of hydrogen-bond acceptors (Lipinski definition) is 4. The van der Waals surface area contributed by atoms with Crippen molar-refractivity contribution < 1.29 is 14.3 Å². The molecule has 5 nitrogen and oxygen atoms in total. The summed E-state index contributed by atoms with van der Waals surface area (Å²) in [6.07, 6.45) is 1.53. The fraction of sp³-hybridized carbons (Fsp3) is 0.0909. The van der Waals surface area contributed by atoms with Crippen LogP contribution in [0.25, 0.3) is 0 Å². The number of nitrogens with zero attached hydrogens (tertiary/aromatic N) is 1. The van der Waals surface area contributed by atoms with Crippen molar-refractivity contribution in [1.29, 1.82) is 0 Å². The Morgan fingerprint density at radius 1 is 1.07 bits per heavy atom. The zero-order valence-electron chi connectivity index (χ0n) is 15.6. The van der Waals surface area contributed by atoms with Crippen molar-refractivity contribution in [2.75, 3.05) is 7.11 Å². The van der Waals surface area contributed by atoms with E-state index in [1.807, 2.05) is 30.3 Å². The minimum atomic E-state index is -0.324. The quantitative estimate of drug-likeness (QED) is 0.407. The second-order valence-corrected chi connectivity index (χ2v) is 6.83. The number of nitrogens with one attached hydrogen (secondary N) is 1. The molecule has 0 radical (unpaired) electrons. The van der Waals surface area contributed by atoms with Gasteiger partial charge in [-0.1, -0.05) is 41.4 Å². The number of amides is 1. The summed E-state index contributed by atoms with van der Waals surface area (Å²) in [5.41, 5.74) is 4.51. The number of carbonyl (C=O) groups excluding carboxylic acids is 1. The average molecular weight is 429 g/mol. The highest BCUT2D eigenvalue weighted by atomic mass is 35.5. The highest BCUT2D eigenvalue weighted by molar-refractivity contribution is 6.35. The molecule has 0 saturated heterocycles. The van der Waals surface area contributed by atoms with Crippen molar-refractivity contribution in [3.8, 4) is 11.5 Å². The summed E-state index contributed by atoms with van der Waals surface area (Å²) >= 11 is 12.1. The molecule has 1 amide bonds. The standard InChI is InChI=1S/C22H18Cl2N2O3/c1-28-19-10-7-15(8-11-19)22(27)26-25-13-16-4-2-3-5-21(16)29-14-17-6-9-18(23)12-20(17)24/h2-13H,14H2,1H3,(H,26,27)/b25-13-. The van der Waals surface area contributed by atoms with Gasteiger partial charge >= 0.3 is 0 Å². The van der Waals surface area contributed by atoms with E-state index in [2.05, 4.69) is 10.5 Å². The van der Waals surface area contributed by atoms with E-state index >= 15 is 0 Å². The van der Waals surface area contributed by atoms with Gasteiger partial charge in [0.2, 0.25) is 0 Å². The van der Waals surface area contributed by atoms with Crippen LogP contribution in [0.3, 0.4) is 0 Å². The van der Waals surface area contributed by atoms with Crippen molar-refractivity contribution >= 4 is 35.3 Å². The molecule has 3 rings (SSSR count). The highest BCUT2D eigenvalue weighted by Gasteiger charge is 2.06.